The zero-order valence-electron chi connectivity index (χ0n) is 11.6. The van der Waals surface area contributed by atoms with Gasteiger partial charge in [0.15, 0.2) is 0 Å². The highest BCUT2D eigenvalue weighted by Crippen LogP contribution is 2.20. The van der Waals surface area contributed by atoms with Gasteiger partial charge in [0, 0.05) is 17.2 Å². The molecule has 18 heavy (non-hydrogen) atoms. The van der Waals surface area contributed by atoms with Gasteiger partial charge in [-0.3, -0.25) is 0 Å². The van der Waals surface area contributed by atoms with Crippen LogP contribution in [0.3, 0.4) is 0 Å². The monoisotopic (exact) mass is 267 g/mol. The van der Waals surface area contributed by atoms with Crippen LogP contribution in [-0.2, 0) is 6.54 Å². The van der Waals surface area contributed by atoms with Crippen molar-refractivity contribution < 1.29 is 5.11 Å². The summed E-state index contributed by atoms with van der Waals surface area (Å²) in [5.74, 6) is 1.46. The summed E-state index contributed by atoms with van der Waals surface area (Å²) in [6.45, 7) is 8.41. The van der Waals surface area contributed by atoms with Gasteiger partial charge in [-0.2, -0.15) is 0 Å². The highest BCUT2D eigenvalue weighted by atomic mass is 32.2. The number of aliphatic hydroxyl groups is 1. The van der Waals surface area contributed by atoms with Gasteiger partial charge in [0.25, 0.3) is 0 Å². The predicted molar refractivity (Wildman–Crippen MR) is 80.0 cm³/mol. The maximum atomic E-state index is 9.56. The number of thioether (sulfide) groups is 1. The number of rotatable bonds is 8. The van der Waals surface area contributed by atoms with E-state index in [1.165, 1.54) is 10.5 Å². The molecule has 102 valence electrons. The van der Waals surface area contributed by atoms with E-state index in [2.05, 4.69) is 43.4 Å². The third-order valence-corrected chi connectivity index (χ3v) is 3.83. The minimum atomic E-state index is -0.197. The molecule has 1 rings (SSSR count). The fraction of sp³-hybridized carbons (Fsp3) is 0.600. The Morgan fingerprint density at radius 1 is 1.33 bits per heavy atom. The van der Waals surface area contributed by atoms with Gasteiger partial charge in [0.1, 0.15) is 0 Å². The van der Waals surface area contributed by atoms with Crippen LogP contribution in [0.15, 0.2) is 29.2 Å². The maximum Gasteiger partial charge on any atom is 0.0631 e. The number of aliphatic hydroxyl groups excluding tert-OH is 1. The maximum absolute atomic E-state index is 9.56. The lowest BCUT2D eigenvalue weighted by Gasteiger charge is -2.10. The Labute approximate surface area is 115 Å². The molecule has 0 aliphatic carbocycles. The lowest BCUT2D eigenvalue weighted by Crippen LogP contribution is -2.18. The summed E-state index contributed by atoms with van der Waals surface area (Å²) in [7, 11) is 0. The van der Waals surface area contributed by atoms with Gasteiger partial charge in [-0.05, 0) is 36.6 Å². The molecule has 0 saturated carbocycles. The first-order valence-electron chi connectivity index (χ1n) is 6.72. The third kappa shape index (κ3) is 6.43. The van der Waals surface area contributed by atoms with Crippen molar-refractivity contribution in [1.82, 2.24) is 5.32 Å². The van der Waals surface area contributed by atoms with E-state index in [0.717, 1.165) is 25.3 Å². The SMILES string of the molecule is CCC(O)CSc1cccc(CNCC(C)C)c1. The standard InChI is InChI=1S/C15H25NOS/c1-4-14(17)11-18-15-7-5-6-13(8-15)10-16-9-12(2)3/h5-8,12,14,16-17H,4,9-11H2,1-3H3. The Kier molecular flexibility index (Phi) is 7.40. The van der Waals surface area contributed by atoms with E-state index in [4.69, 9.17) is 0 Å². The van der Waals surface area contributed by atoms with Gasteiger partial charge in [0.05, 0.1) is 6.10 Å². The molecule has 0 saturated heterocycles. The molecule has 2 nitrogen and oxygen atoms in total. The molecule has 1 aromatic rings. The first kappa shape index (κ1) is 15.5. The molecule has 0 aliphatic rings. The summed E-state index contributed by atoms with van der Waals surface area (Å²) < 4.78 is 0. The normalized spacial score (nSPS) is 12.9. The van der Waals surface area contributed by atoms with Crippen LogP contribution in [0, 0.1) is 5.92 Å². The van der Waals surface area contributed by atoms with Crippen molar-refractivity contribution >= 4 is 11.8 Å². The molecule has 0 spiro atoms. The van der Waals surface area contributed by atoms with Crippen LogP contribution in [0.1, 0.15) is 32.8 Å². The lowest BCUT2D eigenvalue weighted by molar-refractivity contribution is 0.195. The van der Waals surface area contributed by atoms with Gasteiger partial charge in [0.2, 0.25) is 0 Å². The summed E-state index contributed by atoms with van der Waals surface area (Å²) in [5, 5.41) is 13.0. The largest absolute Gasteiger partial charge is 0.392 e. The van der Waals surface area contributed by atoms with Crippen LogP contribution in [0.2, 0.25) is 0 Å². The Hall–Kier alpha value is -0.510. The molecule has 3 heteroatoms. The van der Waals surface area contributed by atoms with Crippen LogP contribution < -0.4 is 5.32 Å². The molecule has 0 heterocycles. The zero-order chi connectivity index (χ0) is 13.4. The van der Waals surface area contributed by atoms with Crippen LogP contribution in [0.4, 0.5) is 0 Å². The topological polar surface area (TPSA) is 32.3 Å². The van der Waals surface area contributed by atoms with Crippen molar-refractivity contribution in [2.24, 2.45) is 5.92 Å². The molecule has 0 fully saturated rings. The molecule has 0 bridgehead atoms. The first-order valence-corrected chi connectivity index (χ1v) is 7.71. The first-order chi connectivity index (χ1) is 8.61. The van der Waals surface area contributed by atoms with E-state index < -0.39 is 0 Å². The number of benzene rings is 1. The van der Waals surface area contributed by atoms with Crippen LogP contribution >= 0.6 is 11.8 Å². The van der Waals surface area contributed by atoms with Gasteiger partial charge >= 0.3 is 0 Å². The summed E-state index contributed by atoms with van der Waals surface area (Å²) in [5.41, 5.74) is 1.31. The van der Waals surface area contributed by atoms with Crippen molar-refractivity contribution in [3.8, 4) is 0 Å². The molecule has 1 unspecified atom stereocenters. The predicted octanol–water partition coefficient (Wildman–Crippen LogP) is 3.30. The fourth-order valence-electron chi connectivity index (χ4n) is 1.56. The van der Waals surface area contributed by atoms with E-state index in [-0.39, 0.29) is 6.10 Å². The number of hydrogen-bond acceptors (Lipinski definition) is 3. The van der Waals surface area contributed by atoms with Crippen molar-refractivity contribution in [3.63, 3.8) is 0 Å². The fourth-order valence-corrected chi connectivity index (χ4v) is 2.59. The van der Waals surface area contributed by atoms with Crippen molar-refractivity contribution in [2.75, 3.05) is 12.3 Å². The second-order valence-corrected chi connectivity index (χ2v) is 6.14. The summed E-state index contributed by atoms with van der Waals surface area (Å²) in [4.78, 5) is 1.24. The van der Waals surface area contributed by atoms with E-state index in [0.29, 0.717) is 5.92 Å². The summed E-state index contributed by atoms with van der Waals surface area (Å²) in [6.07, 6.45) is 0.626. The summed E-state index contributed by atoms with van der Waals surface area (Å²) >= 11 is 1.73. The number of nitrogens with one attached hydrogen (secondary N) is 1. The molecule has 0 amide bonds. The van der Waals surface area contributed by atoms with Crippen LogP contribution in [0.5, 0.6) is 0 Å². The smallest absolute Gasteiger partial charge is 0.0631 e. The average molecular weight is 267 g/mol. The molecule has 0 radical (unpaired) electrons. The van der Waals surface area contributed by atoms with E-state index >= 15 is 0 Å². The van der Waals surface area contributed by atoms with Crippen molar-refractivity contribution in [3.05, 3.63) is 29.8 Å². The number of hydrogen-bond donors (Lipinski definition) is 2. The Balaban J connectivity index is 2.41. The van der Waals surface area contributed by atoms with Gasteiger partial charge in [-0.1, -0.05) is 32.9 Å². The van der Waals surface area contributed by atoms with Crippen molar-refractivity contribution in [2.45, 2.75) is 44.7 Å². The van der Waals surface area contributed by atoms with Gasteiger partial charge in [-0.25, -0.2) is 0 Å². The highest BCUT2D eigenvalue weighted by molar-refractivity contribution is 7.99. The van der Waals surface area contributed by atoms with Gasteiger partial charge < -0.3 is 10.4 Å². The van der Waals surface area contributed by atoms with Gasteiger partial charge in [-0.15, -0.1) is 11.8 Å². The molecule has 0 aliphatic heterocycles. The zero-order valence-corrected chi connectivity index (χ0v) is 12.5. The Morgan fingerprint density at radius 2 is 2.11 bits per heavy atom. The Morgan fingerprint density at radius 3 is 2.78 bits per heavy atom. The molecule has 1 aromatic carbocycles. The quantitative estimate of drug-likeness (QED) is 0.709. The summed E-state index contributed by atoms with van der Waals surface area (Å²) in [6, 6.07) is 8.56. The Bertz CT molecular complexity index is 341. The molecular formula is C15H25NOS. The van der Waals surface area contributed by atoms with E-state index in [1.807, 2.05) is 6.92 Å². The third-order valence-electron chi connectivity index (χ3n) is 2.69. The van der Waals surface area contributed by atoms with Crippen LogP contribution in [0.25, 0.3) is 0 Å². The highest BCUT2D eigenvalue weighted by Gasteiger charge is 2.03. The minimum absolute atomic E-state index is 0.197. The van der Waals surface area contributed by atoms with E-state index in [9.17, 15) is 5.11 Å². The molecule has 2 N–H and O–H groups in total. The minimum Gasteiger partial charge on any atom is -0.392 e. The lowest BCUT2D eigenvalue weighted by atomic mass is 10.2. The second-order valence-electron chi connectivity index (χ2n) is 5.05. The second kappa shape index (κ2) is 8.57. The molecule has 0 aromatic heterocycles. The van der Waals surface area contributed by atoms with E-state index in [1.54, 1.807) is 11.8 Å². The molecule has 1 atom stereocenters. The van der Waals surface area contributed by atoms with Crippen LogP contribution in [-0.4, -0.2) is 23.5 Å². The van der Waals surface area contributed by atoms with Crippen molar-refractivity contribution in [1.29, 1.82) is 0 Å². The average Bonchev–Trinajstić information content (AvgIpc) is 2.36. The molecular weight excluding hydrogens is 242 g/mol.